The fourth-order valence-corrected chi connectivity index (χ4v) is 1.86. The first kappa shape index (κ1) is 13.8. The summed E-state index contributed by atoms with van der Waals surface area (Å²) < 4.78 is 0.813. The van der Waals surface area contributed by atoms with Crippen LogP contribution >= 0.6 is 15.9 Å². The van der Waals surface area contributed by atoms with Crippen LogP contribution in [-0.2, 0) is 4.79 Å². The SMILES string of the molecule is CCCCN(CC(N)=O)c1ncc(Br)cc1N. The average molecular weight is 301 g/mol. The normalized spacial score (nSPS) is 10.2. The predicted molar refractivity (Wildman–Crippen MR) is 72.7 cm³/mol. The molecule has 0 atom stereocenters. The van der Waals surface area contributed by atoms with Gasteiger partial charge in [-0.15, -0.1) is 0 Å². The second-order valence-corrected chi connectivity index (χ2v) is 4.72. The van der Waals surface area contributed by atoms with E-state index >= 15 is 0 Å². The molecule has 0 spiro atoms. The molecule has 1 aromatic heterocycles. The van der Waals surface area contributed by atoms with Gasteiger partial charge in [-0.2, -0.15) is 0 Å². The Kier molecular flexibility index (Phi) is 5.21. The van der Waals surface area contributed by atoms with Crippen LogP contribution in [0.4, 0.5) is 11.5 Å². The standard InChI is InChI=1S/C11H17BrN4O/c1-2-3-4-16(7-10(14)17)11-9(13)5-8(12)6-15-11/h5-6H,2-4,7,13H2,1H3,(H2,14,17). The minimum Gasteiger partial charge on any atom is -0.396 e. The van der Waals surface area contributed by atoms with E-state index in [0.717, 1.165) is 23.9 Å². The number of carbonyl (C=O) groups is 1. The number of carbonyl (C=O) groups excluding carboxylic acids is 1. The van der Waals surface area contributed by atoms with Crippen molar-refractivity contribution in [3.63, 3.8) is 0 Å². The van der Waals surface area contributed by atoms with Crippen LogP contribution in [0.1, 0.15) is 19.8 Å². The van der Waals surface area contributed by atoms with E-state index in [9.17, 15) is 4.79 Å². The number of halogens is 1. The van der Waals surface area contributed by atoms with Gasteiger partial charge in [0, 0.05) is 17.2 Å². The Morgan fingerprint density at radius 1 is 1.59 bits per heavy atom. The summed E-state index contributed by atoms with van der Waals surface area (Å²) in [6, 6.07) is 1.77. The number of aromatic nitrogens is 1. The van der Waals surface area contributed by atoms with E-state index < -0.39 is 0 Å². The molecular formula is C11H17BrN4O. The van der Waals surface area contributed by atoms with Crippen molar-refractivity contribution in [3.05, 3.63) is 16.7 Å². The summed E-state index contributed by atoms with van der Waals surface area (Å²) in [6.07, 6.45) is 3.65. The topological polar surface area (TPSA) is 85.2 Å². The largest absolute Gasteiger partial charge is 0.396 e. The zero-order valence-electron chi connectivity index (χ0n) is 9.82. The zero-order valence-corrected chi connectivity index (χ0v) is 11.4. The Labute approximate surface area is 109 Å². The first-order valence-corrected chi connectivity index (χ1v) is 6.28. The molecule has 1 heterocycles. The van der Waals surface area contributed by atoms with Crippen molar-refractivity contribution >= 4 is 33.3 Å². The van der Waals surface area contributed by atoms with E-state index in [0.29, 0.717) is 11.5 Å². The van der Waals surface area contributed by atoms with Crippen LogP contribution in [0, 0.1) is 0 Å². The summed E-state index contributed by atoms with van der Waals surface area (Å²) in [5, 5.41) is 0. The van der Waals surface area contributed by atoms with Crippen LogP contribution in [0.25, 0.3) is 0 Å². The van der Waals surface area contributed by atoms with Crippen LogP contribution in [0.2, 0.25) is 0 Å². The van der Waals surface area contributed by atoms with Gasteiger partial charge < -0.3 is 16.4 Å². The van der Waals surface area contributed by atoms with Gasteiger partial charge in [0.1, 0.15) is 0 Å². The Bertz CT molecular complexity index is 397. The lowest BCUT2D eigenvalue weighted by atomic mass is 10.3. The summed E-state index contributed by atoms with van der Waals surface area (Å²) in [5.41, 5.74) is 11.6. The minimum absolute atomic E-state index is 0.138. The fourth-order valence-electron chi connectivity index (χ4n) is 1.51. The minimum atomic E-state index is -0.384. The van der Waals surface area contributed by atoms with E-state index in [-0.39, 0.29) is 12.5 Å². The van der Waals surface area contributed by atoms with Gasteiger partial charge in [-0.25, -0.2) is 4.98 Å². The molecule has 0 aliphatic carbocycles. The maximum absolute atomic E-state index is 11.0. The summed E-state index contributed by atoms with van der Waals surface area (Å²) in [5.74, 6) is 0.227. The lowest BCUT2D eigenvalue weighted by Gasteiger charge is -2.23. The highest BCUT2D eigenvalue weighted by Gasteiger charge is 2.13. The smallest absolute Gasteiger partial charge is 0.236 e. The molecule has 0 aromatic carbocycles. The van der Waals surface area contributed by atoms with E-state index in [4.69, 9.17) is 11.5 Å². The van der Waals surface area contributed by atoms with Crippen molar-refractivity contribution < 1.29 is 4.79 Å². The van der Waals surface area contributed by atoms with Gasteiger partial charge in [0.15, 0.2) is 5.82 Å². The highest BCUT2D eigenvalue weighted by molar-refractivity contribution is 9.10. The number of hydrogen-bond acceptors (Lipinski definition) is 4. The number of rotatable bonds is 6. The molecule has 0 aliphatic heterocycles. The first-order chi connectivity index (χ1) is 8.04. The highest BCUT2D eigenvalue weighted by Crippen LogP contribution is 2.23. The molecule has 0 unspecified atom stereocenters. The van der Waals surface area contributed by atoms with Crippen LogP contribution in [0.3, 0.4) is 0 Å². The predicted octanol–water partition coefficient (Wildman–Crippen LogP) is 1.52. The average Bonchev–Trinajstić information content (AvgIpc) is 2.24. The third kappa shape index (κ3) is 4.22. The molecule has 17 heavy (non-hydrogen) atoms. The molecule has 0 saturated carbocycles. The van der Waals surface area contributed by atoms with E-state index in [1.165, 1.54) is 0 Å². The Balaban J connectivity index is 2.90. The first-order valence-electron chi connectivity index (χ1n) is 5.49. The van der Waals surface area contributed by atoms with Gasteiger partial charge in [-0.1, -0.05) is 13.3 Å². The summed E-state index contributed by atoms with van der Waals surface area (Å²) >= 11 is 3.30. The highest BCUT2D eigenvalue weighted by atomic mass is 79.9. The van der Waals surface area contributed by atoms with Crippen LogP contribution < -0.4 is 16.4 Å². The number of primary amides is 1. The molecule has 4 N–H and O–H groups in total. The van der Waals surface area contributed by atoms with E-state index in [1.807, 2.05) is 4.90 Å². The number of amides is 1. The van der Waals surface area contributed by atoms with Crippen LogP contribution in [0.5, 0.6) is 0 Å². The maximum Gasteiger partial charge on any atom is 0.236 e. The van der Waals surface area contributed by atoms with Gasteiger partial charge >= 0.3 is 0 Å². The molecule has 94 valence electrons. The zero-order chi connectivity index (χ0) is 12.8. The summed E-state index contributed by atoms with van der Waals surface area (Å²) in [7, 11) is 0. The Hall–Kier alpha value is -1.30. The number of nitrogens with two attached hydrogens (primary N) is 2. The second-order valence-electron chi connectivity index (χ2n) is 3.81. The summed E-state index contributed by atoms with van der Waals surface area (Å²) in [4.78, 5) is 17.1. The second kappa shape index (κ2) is 6.44. The van der Waals surface area contributed by atoms with E-state index in [2.05, 4.69) is 27.8 Å². The quantitative estimate of drug-likeness (QED) is 0.834. The molecule has 6 heteroatoms. The monoisotopic (exact) mass is 300 g/mol. The van der Waals surface area contributed by atoms with Crippen molar-refractivity contribution in [1.29, 1.82) is 0 Å². The number of nitrogens with zero attached hydrogens (tertiary/aromatic N) is 2. The molecule has 0 saturated heterocycles. The van der Waals surface area contributed by atoms with Crippen molar-refractivity contribution in [2.45, 2.75) is 19.8 Å². The number of unbranched alkanes of at least 4 members (excludes halogenated alkanes) is 1. The van der Waals surface area contributed by atoms with Crippen molar-refractivity contribution in [1.82, 2.24) is 4.98 Å². The van der Waals surface area contributed by atoms with Gasteiger partial charge in [-0.05, 0) is 28.4 Å². The molecule has 0 radical (unpaired) electrons. The van der Waals surface area contributed by atoms with Gasteiger partial charge in [-0.3, -0.25) is 4.79 Å². The van der Waals surface area contributed by atoms with E-state index in [1.54, 1.807) is 12.3 Å². The van der Waals surface area contributed by atoms with Crippen molar-refractivity contribution in [2.24, 2.45) is 5.73 Å². The molecular weight excluding hydrogens is 284 g/mol. The third-order valence-corrected chi connectivity index (χ3v) is 2.72. The molecule has 0 bridgehead atoms. The van der Waals surface area contributed by atoms with Crippen LogP contribution in [0.15, 0.2) is 16.7 Å². The number of pyridine rings is 1. The van der Waals surface area contributed by atoms with Crippen molar-refractivity contribution in [3.8, 4) is 0 Å². The number of hydrogen-bond donors (Lipinski definition) is 2. The van der Waals surface area contributed by atoms with Gasteiger partial charge in [0.25, 0.3) is 0 Å². The van der Waals surface area contributed by atoms with Gasteiger partial charge in [0.2, 0.25) is 5.91 Å². The molecule has 0 aliphatic rings. The third-order valence-electron chi connectivity index (χ3n) is 2.29. The molecule has 1 rings (SSSR count). The fraction of sp³-hybridized carbons (Fsp3) is 0.455. The molecule has 5 nitrogen and oxygen atoms in total. The van der Waals surface area contributed by atoms with Gasteiger partial charge in [0.05, 0.1) is 12.2 Å². The Morgan fingerprint density at radius 2 is 2.29 bits per heavy atom. The summed E-state index contributed by atoms with van der Waals surface area (Å²) in [6.45, 7) is 2.94. The lowest BCUT2D eigenvalue weighted by Crippen LogP contribution is -2.35. The van der Waals surface area contributed by atoms with Crippen molar-refractivity contribution in [2.75, 3.05) is 23.7 Å². The molecule has 1 amide bonds. The number of anilines is 2. The number of nitrogen functional groups attached to an aromatic ring is 1. The Morgan fingerprint density at radius 3 is 2.82 bits per heavy atom. The maximum atomic E-state index is 11.0. The lowest BCUT2D eigenvalue weighted by molar-refractivity contribution is -0.116. The molecule has 0 fully saturated rings. The molecule has 1 aromatic rings. The van der Waals surface area contributed by atoms with Crippen LogP contribution in [-0.4, -0.2) is 24.0 Å².